The lowest BCUT2D eigenvalue weighted by Gasteiger charge is -2.06. The molecule has 6 heteroatoms. The minimum absolute atomic E-state index is 0.115. The van der Waals surface area contributed by atoms with Crippen LogP contribution in [0.25, 0.3) is 0 Å². The minimum atomic E-state index is -0.404. The summed E-state index contributed by atoms with van der Waals surface area (Å²) in [5, 5.41) is 23.6. The van der Waals surface area contributed by atoms with Crippen molar-refractivity contribution in [1.29, 1.82) is 0 Å². The van der Waals surface area contributed by atoms with Gasteiger partial charge in [0.2, 0.25) is 5.91 Å². The maximum Gasteiger partial charge on any atom is 0.251 e. The third-order valence-electron chi connectivity index (χ3n) is 2.45. The number of phenolic OH excluding ortho intramolecular Hbond substituents is 2. The molecule has 0 heterocycles. The predicted molar refractivity (Wildman–Crippen MR) is 70.0 cm³/mol. The van der Waals surface area contributed by atoms with Gasteiger partial charge in [-0.3, -0.25) is 9.59 Å². The Morgan fingerprint density at radius 1 is 1.11 bits per heavy atom. The van der Waals surface area contributed by atoms with Crippen molar-refractivity contribution < 1.29 is 19.8 Å². The first-order chi connectivity index (χ1) is 9.04. The fourth-order valence-corrected chi connectivity index (χ4v) is 1.41. The van der Waals surface area contributed by atoms with Crippen molar-refractivity contribution in [1.82, 2.24) is 10.6 Å². The molecule has 6 nitrogen and oxygen atoms in total. The highest BCUT2D eigenvalue weighted by molar-refractivity contribution is 5.95. The second kappa shape index (κ2) is 7.25. The summed E-state index contributed by atoms with van der Waals surface area (Å²) in [6.45, 7) is 2.80. The van der Waals surface area contributed by atoms with E-state index >= 15 is 0 Å². The lowest BCUT2D eigenvalue weighted by molar-refractivity contribution is -0.120. The second-order valence-electron chi connectivity index (χ2n) is 4.06. The van der Waals surface area contributed by atoms with Crippen LogP contribution in [-0.2, 0) is 4.79 Å². The highest BCUT2D eigenvalue weighted by Gasteiger charge is 2.09. The normalized spacial score (nSPS) is 9.95. The fraction of sp³-hybridized carbons (Fsp3) is 0.385. The number of phenols is 2. The summed E-state index contributed by atoms with van der Waals surface area (Å²) in [6.07, 6.45) is 1.07. The Bertz CT molecular complexity index is 460. The van der Waals surface area contributed by atoms with E-state index in [1.807, 2.05) is 6.92 Å². The topological polar surface area (TPSA) is 98.7 Å². The van der Waals surface area contributed by atoms with Crippen LogP contribution in [0.5, 0.6) is 11.5 Å². The van der Waals surface area contributed by atoms with Crippen molar-refractivity contribution in [3.63, 3.8) is 0 Å². The quantitative estimate of drug-likeness (QED) is 0.571. The third kappa shape index (κ3) is 4.87. The highest BCUT2D eigenvalue weighted by atomic mass is 16.3. The Kier molecular flexibility index (Phi) is 5.66. The van der Waals surface area contributed by atoms with Gasteiger partial charge in [0.25, 0.3) is 5.91 Å². The first-order valence-electron chi connectivity index (χ1n) is 6.11. The number of carbonyl (C=O) groups excluding carboxylic acids is 2. The van der Waals surface area contributed by atoms with E-state index in [0.717, 1.165) is 6.42 Å². The largest absolute Gasteiger partial charge is 0.504 e. The molecule has 2 amide bonds. The van der Waals surface area contributed by atoms with E-state index in [9.17, 15) is 14.7 Å². The zero-order valence-corrected chi connectivity index (χ0v) is 10.8. The molecule has 0 aliphatic rings. The second-order valence-corrected chi connectivity index (χ2v) is 4.06. The molecule has 0 saturated carbocycles. The van der Waals surface area contributed by atoms with Crippen LogP contribution in [-0.4, -0.2) is 35.1 Å². The van der Waals surface area contributed by atoms with Gasteiger partial charge in [-0.05, 0) is 24.6 Å². The van der Waals surface area contributed by atoms with Gasteiger partial charge in [-0.2, -0.15) is 0 Å². The highest BCUT2D eigenvalue weighted by Crippen LogP contribution is 2.24. The van der Waals surface area contributed by atoms with Crippen molar-refractivity contribution in [2.24, 2.45) is 0 Å². The van der Waals surface area contributed by atoms with E-state index in [1.165, 1.54) is 18.2 Å². The molecule has 1 aromatic rings. The van der Waals surface area contributed by atoms with E-state index in [-0.39, 0.29) is 35.9 Å². The number of carbonyl (C=O) groups is 2. The first kappa shape index (κ1) is 14.8. The van der Waals surface area contributed by atoms with Crippen LogP contribution in [0.2, 0.25) is 0 Å². The summed E-state index contributed by atoms with van der Waals surface area (Å²) in [5.41, 5.74) is 0.226. The number of hydrogen-bond donors (Lipinski definition) is 4. The number of rotatable bonds is 6. The van der Waals surface area contributed by atoms with E-state index in [2.05, 4.69) is 10.6 Å². The average molecular weight is 266 g/mol. The standard InChI is InChI=1S/C13H18N2O4/c1-2-6-14-12(18)5-7-15-13(19)9-3-4-10(16)11(17)8-9/h3-4,8,16-17H,2,5-7H2,1H3,(H,14,18)(H,15,19). The molecule has 0 unspecified atom stereocenters. The minimum Gasteiger partial charge on any atom is -0.504 e. The maximum absolute atomic E-state index is 11.7. The Balaban J connectivity index is 2.39. The molecule has 0 spiro atoms. The Morgan fingerprint density at radius 2 is 1.84 bits per heavy atom. The van der Waals surface area contributed by atoms with Crippen molar-refractivity contribution in [2.45, 2.75) is 19.8 Å². The fourth-order valence-electron chi connectivity index (χ4n) is 1.41. The average Bonchev–Trinajstić information content (AvgIpc) is 2.39. The molecule has 0 bridgehead atoms. The summed E-state index contributed by atoms with van der Waals surface area (Å²) >= 11 is 0. The lowest BCUT2D eigenvalue weighted by Crippen LogP contribution is -2.31. The van der Waals surface area contributed by atoms with Crippen LogP contribution in [0, 0.1) is 0 Å². The van der Waals surface area contributed by atoms with Crippen LogP contribution >= 0.6 is 0 Å². The molecule has 0 saturated heterocycles. The first-order valence-corrected chi connectivity index (χ1v) is 6.11. The van der Waals surface area contributed by atoms with E-state index in [0.29, 0.717) is 6.54 Å². The molecular weight excluding hydrogens is 248 g/mol. The van der Waals surface area contributed by atoms with Gasteiger partial charge >= 0.3 is 0 Å². The molecule has 1 aromatic carbocycles. The summed E-state index contributed by atoms with van der Waals surface area (Å²) in [5.74, 6) is -1.15. The van der Waals surface area contributed by atoms with Gasteiger partial charge in [-0.1, -0.05) is 6.92 Å². The molecule has 104 valence electrons. The summed E-state index contributed by atoms with van der Waals surface area (Å²) in [7, 11) is 0. The molecule has 0 aromatic heterocycles. The SMILES string of the molecule is CCCNC(=O)CCNC(=O)c1ccc(O)c(O)c1. The number of benzene rings is 1. The molecule has 19 heavy (non-hydrogen) atoms. The molecule has 0 aliphatic heterocycles. The molecule has 0 radical (unpaired) electrons. The number of aromatic hydroxyl groups is 2. The number of nitrogens with one attached hydrogen (secondary N) is 2. The zero-order chi connectivity index (χ0) is 14.3. The lowest BCUT2D eigenvalue weighted by atomic mass is 10.2. The monoisotopic (exact) mass is 266 g/mol. The van der Waals surface area contributed by atoms with E-state index in [1.54, 1.807) is 0 Å². The summed E-state index contributed by atoms with van der Waals surface area (Å²) < 4.78 is 0. The van der Waals surface area contributed by atoms with Crippen LogP contribution in [0.1, 0.15) is 30.1 Å². The predicted octanol–water partition coefficient (Wildman–Crippen LogP) is 0.744. The number of amides is 2. The summed E-state index contributed by atoms with van der Waals surface area (Å²) in [6, 6.07) is 3.79. The van der Waals surface area contributed by atoms with Crippen molar-refractivity contribution >= 4 is 11.8 Å². The van der Waals surface area contributed by atoms with Crippen LogP contribution < -0.4 is 10.6 Å². The molecule has 4 N–H and O–H groups in total. The van der Waals surface area contributed by atoms with Crippen LogP contribution in [0.3, 0.4) is 0 Å². The maximum atomic E-state index is 11.7. The summed E-state index contributed by atoms with van der Waals surface area (Å²) in [4.78, 5) is 23.0. The smallest absolute Gasteiger partial charge is 0.251 e. The molecule has 0 aliphatic carbocycles. The molecule has 0 atom stereocenters. The third-order valence-corrected chi connectivity index (χ3v) is 2.45. The zero-order valence-electron chi connectivity index (χ0n) is 10.8. The van der Waals surface area contributed by atoms with Crippen molar-refractivity contribution in [3.05, 3.63) is 23.8 Å². The van der Waals surface area contributed by atoms with Crippen molar-refractivity contribution in [3.8, 4) is 11.5 Å². The van der Waals surface area contributed by atoms with Gasteiger partial charge in [0.1, 0.15) is 0 Å². The molecule has 0 fully saturated rings. The van der Waals surface area contributed by atoms with Gasteiger partial charge in [0.15, 0.2) is 11.5 Å². The Hall–Kier alpha value is -2.24. The van der Waals surface area contributed by atoms with E-state index in [4.69, 9.17) is 5.11 Å². The molecule has 1 rings (SSSR count). The van der Waals surface area contributed by atoms with Crippen molar-refractivity contribution in [2.75, 3.05) is 13.1 Å². The van der Waals surface area contributed by atoms with Crippen LogP contribution in [0.15, 0.2) is 18.2 Å². The van der Waals surface area contributed by atoms with Gasteiger partial charge in [-0.25, -0.2) is 0 Å². The Morgan fingerprint density at radius 3 is 2.47 bits per heavy atom. The molecular formula is C13H18N2O4. The number of hydrogen-bond acceptors (Lipinski definition) is 4. The van der Waals surface area contributed by atoms with Gasteiger partial charge in [0.05, 0.1) is 0 Å². The van der Waals surface area contributed by atoms with Gasteiger partial charge in [-0.15, -0.1) is 0 Å². The van der Waals surface area contributed by atoms with Crippen LogP contribution in [0.4, 0.5) is 0 Å². The van der Waals surface area contributed by atoms with Gasteiger partial charge in [0, 0.05) is 25.1 Å². The Labute approximate surface area is 111 Å². The van der Waals surface area contributed by atoms with E-state index < -0.39 is 5.91 Å². The van der Waals surface area contributed by atoms with Gasteiger partial charge < -0.3 is 20.8 Å².